The molecule has 138 valence electrons. The first-order valence-corrected chi connectivity index (χ1v) is 8.95. The standard InChI is InChI=1S/C17H26FN5O2/c1-3-4-13-10-23(11-15(13)20-12(2)24)17-19-9-14(18)16(21-17)22-5-7-25-8-6-22/h9,13,15H,3-8,10-11H2,1-2H3,(H,20,24)/t13-,15-/m1/s1. The van der Waals surface area contributed by atoms with Gasteiger partial charge in [0, 0.05) is 33.1 Å². The number of hydrogen-bond donors (Lipinski definition) is 1. The molecule has 2 saturated heterocycles. The molecule has 0 aromatic carbocycles. The molecular formula is C17H26FN5O2. The number of hydrogen-bond acceptors (Lipinski definition) is 6. The zero-order valence-electron chi connectivity index (χ0n) is 14.9. The average Bonchev–Trinajstić information content (AvgIpc) is 2.98. The van der Waals surface area contributed by atoms with Crippen molar-refractivity contribution in [2.75, 3.05) is 49.2 Å². The van der Waals surface area contributed by atoms with Crippen molar-refractivity contribution in [3.8, 4) is 0 Å². The highest BCUT2D eigenvalue weighted by molar-refractivity contribution is 5.73. The van der Waals surface area contributed by atoms with E-state index in [2.05, 4.69) is 22.2 Å². The predicted molar refractivity (Wildman–Crippen MR) is 93.2 cm³/mol. The van der Waals surface area contributed by atoms with Gasteiger partial charge in [0.2, 0.25) is 11.9 Å². The van der Waals surface area contributed by atoms with E-state index >= 15 is 0 Å². The van der Waals surface area contributed by atoms with Crippen LogP contribution in [0.4, 0.5) is 16.2 Å². The van der Waals surface area contributed by atoms with E-state index in [1.807, 2.05) is 9.80 Å². The molecule has 25 heavy (non-hydrogen) atoms. The second kappa shape index (κ2) is 7.95. The van der Waals surface area contributed by atoms with Gasteiger partial charge in [-0.2, -0.15) is 4.98 Å². The monoisotopic (exact) mass is 351 g/mol. The normalized spacial score (nSPS) is 23.8. The van der Waals surface area contributed by atoms with Crippen LogP contribution in [0, 0.1) is 11.7 Å². The van der Waals surface area contributed by atoms with Gasteiger partial charge in [0.1, 0.15) is 0 Å². The van der Waals surface area contributed by atoms with E-state index in [4.69, 9.17) is 4.74 Å². The van der Waals surface area contributed by atoms with Crippen molar-refractivity contribution in [2.24, 2.45) is 5.92 Å². The molecule has 0 aliphatic carbocycles. The SMILES string of the molecule is CCC[C@@H]1CN(c2ncc(F)c(N3CCOCC3)n2)C[C@H]1NC(C)=O. The lowest BCUT2D eigenvalue weighted by atomic mass is 9.98. The Kier molecular flexibility index (Phi) is 5.67. The number of ether oxygens (including phenoxy) is 1. The van der Waals surface area contributed by atoms with Crippen molar-refractivity contribution < 1.29 is 13.9 Å². The van der Waals surface area contributed by atoms with Gasteiger partial charge < -0.3 is 19.9 Å². The predicted octanol–water partition coefficient (Wildman–Crippen LogP) is 1.19. The lowest BCUT2D eigenvalue weighted by molar-refractivity contribution is -0.119. The fourth-order valence-corrected chi connectivity index (χ4v) is 3.62. The molecule has 1 aromatic heterocycles. The van der Waals surface area contributed by atoms with Gasteiger partial charge >= 0.3 is 0 Å². The number of nitrogens with one attached hydrogen (secondary N) is 1. The minimum atomic E-state index is -0.409. The third-order valence-electron chi connectivity index (χ3n) is 4.80. The molecule has 2 atom stereocenters. The topological polar surface area (TPSA) is 70.6 Å². The smallest absolute Gasteiger partial charge is 0.227 e. The largest absolute Gasteiger partial charge is 0.378 e. The molecule has 1 N–H and O–H groups in total. The Bertz CT molecular complexity index is 609. The van der Waals surface area contributed by atoms with Crippen LogP contribution in [0.5, 0.6) is 0 Å². The van der Waals surface area contributed by atoms with Crippen molar-refractivity contribution in [1.29, 1.82) is 0 Å². The van der Waals surface area contributed by atoms with E-state index in [1.165, 1.54) is 13.1 Å². The van der Waals surface area contributed by atoms with E-state index in [9.17, 15) is 9.18 Å². The van der Waals surface area contributed by atoms with Gasteiger partial charge in [-0.3, -0.25) is 4.79 Å². The summed E-state index contributed by atoms with van der Waals surface area (Å²) in [7, 11) is 0. The van der Waals surface area contributed by atoms with Crippen molar-refractivity contribution in [1.82, 2.24) is 15.3 Å². The zero-order chi connectivity index (χ0) is 17.8. The Labute approximate surface area is 147 Å². The Morgan fingerprint density at radius 1 is 1.36 bits per heavy atom. The van der Waals surface area contributed by atoms with Crippen LogP contribution in [0.1, 0.15) is 26.7 Å². The van der Waals surface area contributed by atoms with Crippen LogP contribution in [0.25, 0.3) is 0 Å². The van der Waals surface area contributed by atoms with Gasteiger partial charge in [-0.15, -0.1) is 0 Å². The van der Waals surface area contributed by atoms with E-state index in [-0.39, 0.29) is 11.9 Å². The third-order valence-corrected chi connectivity index (χ3v) is 4.80. The van der Waals surface area contributed by atoms with Gasteiger partial charge in [0.15, 0.2) is 11.6 Å². The summed E-state index contributed by atoms with van der Waals surface area (Å²) < 4.78 is 19.5. The van der Waals surface area contributed by atoms with Crippen LogP contribution in [0.2, 0.25) is 0 Å². The highest BCUT2D eigenvalue weighted by Crippen LogP contribution is 2.27. The number of amides is 1. The second-order valence-corrected chi connectivity index (χ2v) is 6.70. The molecule has 0 spiro atoms. The molecular weight excluding hydrogens is 325 g/mol. The second-order valence-electron chi connectivity index (χ2n) is 6.70. The molecule has 1 amide bonds. The van der Waals surface area contributed by atoms with E-state index < -0.39 is 5.82 Å². The number of carbonyl (C=O) groups is 1. The van der Waals surface area contributed by atoms with E-state index in [1.54, 1.807) is 0 Å². The molecule has 2 fully saturated rings. The summed E-state index contributed by atoms with van der Waals surface area (Å²) in [4.78, 5) is 24.1. The van der Waals surface area contributed by atoms with Crippen molar-refractivity contribution in [3.05, 3.63) is 12.0 Å². The van der Waals surface area contributed by atoms with Crippen molar-refractivity contribution in [3.63, 3.8) is 0 Å². The maximum Gasteiger partial charge on any atom is 0.227 e. The summed E-state index contributed by atoms with van der Waals surface area (Å²) in [5.74, 6) is 0.782. The van der Waals surface area contributed by atoms with Crippen LogP contribution < -0.4 is 15.1 Å². The van der Waals surface area contributed by atoms with Gasteiger partial charge in [0.25, 0.3) is 0 Å². The average molecular weight is 351 g/mol. The van der Waals surface area contributed by atoms with Crippen LogP contribution in [0.15, 0.2) is 6.20 Å². The number of nitrogens with zero attached hydrogens (tertiary/aromatic N) is 4. The van der Waals surface area contributed by atoms with Gasteiger partial charge in [-0.1, -0.05) is 13.3 Å². The van der Waals surface area contributed by atoms with Crippen LogP contribution in [0.3, 0.4) is 0 Å². The van der Waals surface area contributed by atoms with Crippen LogP contribution in [-0.2, 0) is 9.53 Å². The van der Waals surface area contributed by atoms with Crippen molar-refractivity contribution >= 4 is 17.7 Å². The van der Waals surface area contributed by atoms with Gasteiger partial charge in [0.05, 0.1) is 25.5 Å². The van der Waals surface area contributed by atoms with Gasteiger partial charge in [-0.05, 0) is 12.3 Å². The fraction of sp³-hybridized carbons (Fsp3) is 0.706. The Morgan fingerprint density at radius 3 is 2.80 bits per heavy atom. The molecule has 2 aliphatic rings. The number of halogens is 1. The third kappa shape index (κ3) is 4.18. The van der Waals surface area contributed by atoms with E-state index in [0.717, 1.165) is 19.4 Å². The summed E-state index contributed by atoms with van der Waals surface area (Å²) >= 11 is 0. The molecule has 3 heterocycles. The molecule has 0 radical (unpaired) electrons. The minimum Gasteiger partial charge on any atom is -0.378 e. The Balaban J connectivity index is 1.77. The van der Waals surface area contributed by atoms with Crippen LogP contribution in [-0.4, -0.2) is 61.3 Å². The Hall–Kier alpha value is -1.96. The zero-order valence-corrected chi connectivity index (χ0v) is 14.9. The first-order chi connectivity index (χ1) is 12.1. The molecule has 7 nitrogen and oxygen atoms in total. The summed E-state index contributed by atoms with van der Waals surface area (Å²) in [6.45, 7) is 7.50. The molecule has 8 heteroatoms. The lowest BCUT2D eigenvalue weighted by Crippen LogP contribution is -2.39. The molecule has 0 bridgehead atoms. The van der Waals surface area contributed by atoms with E-state index in [0.29, 0.717) is 50.5 Å². The number of aromatic nitrogens is 2. The number of anilines is 2. The quantitative estimate of drug-likeness (QED) is 0.859. The molecule has 1 aromatic rings. The maximum absolute atomic E-state index is 14.2. The molecule has 0 saturated carbocycles. The molecule has 3 rings (SSSR count). The maximum atomic E-state index is 14.2. The summed E-state index contributed by atoms with van der Waals surface area (Å²) in [5.41, 5.74) is 0. The van der Waals surface area contributed by atoms with Crippen molar-refractivity contribution in [2.45, 2.75) is 32.7 Å². The number of morpholine rings is 1. The number of rotatable bonds is 5. The summed E-state index contributed by atoms with van der Waals surface area (Å²) in [5, 5.41) is 3.03. The summed E-state index contributed by atoms with van der Waals surface area (Å²) in [6.07, 6.45) is 3.32. The molecule has 0 unspecified atom stereocenters. The number of carbonyl (C=O) groups excluding carboxylic acids is 1. The van der Waals surface area contributed by atoms with Gasteiger partial charge in [-0.25, -0.2) is 9.37 Å². The first-order valence-electron chi connectivity index (χ1n) is 8.95. The lowest BCUT2D eigenvalue weighted by Gasteiger charge is -2.28. The molecule has 2 aliphatic heterocycles. The highest BCUT2D eigenvalue weighted by Gasteiger charge is 2.34. The highest BCUT2D eigenvalue weighted by atomic mass is 19.1. The summed E-state index contributed by atoms with van der Waals surface area (Å²) in [6, 6.07) is 0.0814. The fourth-order valence-electron chi connectivity index (χ4n) is 3.62. The first kappa shape index (κ1) is 17.8. The minimum absolute atomic E-state index is 0.0259. The van der Waals surface area contributed by atoms with Crippen LogP contribution >= 0.6 is 0 Å². The Morgan fingerprint density at radius 2 is 2.12 bits per heavy atom.